The number of hydrogen-bond acceptors (Lipinski definition) is 5. The quantitative estimate of drug-likeness (QED) is 0.326. The maximum atomic E-state index is 13.9. The lowest BCUT2D eigenvalue weighted by molar-refractivity contribution is -0.113. The maximum Gasteiger partial charge on any atom is 0.262 e. The minimum absolute atomic E-state index is 0.0257. The Hall–Kier alpha value is -3.90. The molecule has 0 bridgehead atoms. The van der Waals surface area contributed by atoms with Crippen molar-refractivity contribution < 1.29 is 9.18 Å². The van der Waals surface area contributed by atoms with Crippen molar-refractivity contribution in [1.82, 2.24) is 14.1 Å². The topological polar surface area (TPSA) is 92.7 Å². The molecule has 0 atom stereocenters. The van der Waals surface area contributed by atoms with Crippen molar-refractivity contribution in [3.05, 3.63) is 81.5 Å². The first-order valence-electron chi connectivity index (χ1n) is 10.7. The number of hydrogen-bond donors (Lipinski definition) is 1. The monoisotopic (exact) mass is 475 g/mol. The number of aromatic nitrogens is 3. The SMILES string of the molecule is CCn1c(SCC(=O)Nc2c(C#N)c(C)c(C)n2-c2cccc(F)c2)nc2ccccc2c1=O. The summed E-state index contributed by atoms with van der Waals surface area (Å²) in [5.74, 6) is -0.536. The summed E-state index contributed by atoms with van der Waals surface area (Å²) in [6.07, 6.45) is 0. The van der Waals surface area contributed by atoms with Gasteiger partial charge in [0.05, 0.1) is 27.9 Å². The van der Waals surface area contributed by atoms with E-state index < -0.39 is 5.82 Å². The smallest absolute Gasteiger partial charge is 0.262 e. The van der Waals surface area contributed by atoms with Crippen LogP contribution in [0.5, 0.6) is 0 Å². The number of carbonyl (C=O) groups is 1. The molecule has 0 aliphatic rings. The van der Waals surface area contributed by atoms with Crippen LogP contribution in [0.15, 0.2) is 58.5 Å². The second-order valence-corrected chi connectivity index (χ2v) is 8.60. The molecule has 0 spiro atoms. The van der Waals surface area contributed by atoms with Gasteiger partial charge in [0.1, 0.15) is 17.7 Å². The Morgan fingerprint density at radius 2 is 1.97 bits per heavy atom. The number of halogens is 1. The highest BCUT2D eigenvalue weighted by atomic mass is 32.2. The van der Waals surface area contributed by atoms with Crippen LogP contribution < -0.4 is 10.9 Å². The van der Waals surface area contributed by atoms with E-state index in [1.54, 1.807) is 47.9 Å². The fourth-order valence-corrected chi connectivity index (χ4v) is 4.70. The number of fused-ring (bicyclic) bond motifs is 1. The van der Waals surface area contributed by atoms with Crippen molar-refractivity contribution >= 4 is 34.4 Å². The fourth-order valence-electron chi connectivity index (χ4n) is 3.83. The third-order valence-electron chi connectivity index (χ3n) is 5.62. The number of para-hydroxylation sites is 1. The van der Waals surface area contributed by atoms with E-state index in [1.165, 1.54) is 16.7 Å². The average Bonchev–Trinajstić information content (AvgIpc) is 3.06. The summed E-state index contributed by atoms with van der Waals surface area (Å²) >= 11 is 1.14. The van der Waals surface area contributed by atoms with E-state index in [9.17, 15) is 19.2 Å². The number of nitrogens with one attached hydrogen (secondary N) is 1. The van der Waals surface area contributed by atoms with E-state index in [4.69, 9.17) is 0 Å². The zero-order valence-corrected chi connectivity index (χ0v) is 19.7. The molecule has 4 rings (SSSR count). The number of amides is 1. The fraction of sp³-hybridized carbons (Fsp3) is 0.200. The lowest BCUT2D eigenvalue weighted by atomic mass is 10.2. The van der Waals surface area contributed by atoms with Gasteiger partial charge < -0.3 is 5.32 Å². The number of rotatable bonds is 6. The predicted molar refractivity (Wildman–Crippen MR) is 131 cm³/mol. The van der Waals surface area contributed by atoms with Crippen molar-refractivity contribution in [3.63, 3.8) is 0 Å². The number of benzene rings is 2. The van der Waals surface area contributed by atoms with Crippen molar-refractivity contribution in [2.24, 2.45) is 0 Å². The van der Waals surface area contributed by atoms with Crippen molar-refractivity contribution in [3.8, 4) is 11.8 Å². The molecule has 0 aliphatic heterocycles. The molecular weight excluding hydrogens is 453 g/mol. The molecule has 0 saturated carbocycles. The van der Waals surface area contributed by atoms with Crippen molar-refractivity contribution in [2.75, 3.05) is 11.1 Å². The Labute approximate surface area is 199 Å². The third kappa shape index (κ3) is 4.20. The Kier molecular flexibility index (Phi) is 6.52. The van der Waals surface area contributed by atoms with E-state index >= 15 is 0 Å². The van der Waals surface area contributed by atoms with Gasteiger partial charge in [0.15, 0.2) is 5.16 Å². The van der Waals surface area contributed by atoms with E-state index in [0.717, 1.165) is 17.5 Å². The highest BCUT2D eigenvalue weighted by molar-refractivity contribution is 7.99. The second kappa shape index (κ2) is 9.53. The predicted octanol–water partition coefficient (Wildman–Crippen LogP) is 4.57. The maximum absolute atomic E-state index is 13.9. The molecule has 172 valence electrons. The molecule has 0 radical (unpaired) electrons. The summed E-state index contributed by atoms with van der Waals surface area (Å²) in [5.41, 5.74) is 2.65. The zero-order valence-electron chi connectivity index (χ0n) is 18.9. The minimum Gasteiger partial charge on any atom is -0.310 e. The summed E-state index contributed by atoms with van der Waals surface area (Å²) in [7, 11) is 0. The molecule has 2 aromatic carbocycles. The first kappa shape index (κ1) is 23.3. The van der Waals surface area contributed by atoms with E-state index in [-0.39, 0.29) is 23.0 Å². The molecule has 2 heterocycles. The highest BCUT2D eigenvalue weighted by Gasteiger charge is 2.21. The van der Waals surface area contributed by atoms with Crippen LogP contribution in [0.3, 0.4) is 0 Å². The van der Waals surface area contributed by atoms with Crippen LogP contribution in [0.4, 0.5) is 10.2 Å². The summed E-state index contributed by atoms with van der Waals surface area (Å²) in [4.78, 5) is 30.3. The van der Waals surface area contributed by atoms with Gasteiger partial charge in [0.25, 0.3) is 5.56 Å². The molecule has 0 fully saturated rings. The zero-order chi connectivity index (χ0) is 24.4. The van der Waals surface area contributed by atoms with Gasteiger partial charge in [-0.15, -0.1) is 0 Å². The van der Waals surface area contributed by atoms with Gasteiger partial charge in [0.2, 0.25) is 5.91 Å². The van der Waals surface area contributed by atoms with Gasteiger partial charge in [-0.05, 0) is 56.7 Å². The van der Waals surface area contributed by atoms with Crippen LogP contribution in [0.25, 0.3) is 16.6 Å². The van der Waals surface area contributed by atoms with Crippen LogP contribution in [0.1, 0.15) is 23.7 Å². The first-order chi connectivity index (χ1) is 16.3. The highest BCUT2D eigenvalue weighted by Crippen LogP contribution is 2.30. The summed E-state index contributed by atoms with van der Waals surface area (Å²) < 4.78 is 17.1. The van der Waals surface area contributed by atoms with Gasteiger partial charge in [0, 0.05) is 12.2 Å². The molecule has 0 aliphatic carbocycles. The number of thioether (sulfide) groups is 1. The number of anilines is 1. The van der Waals surface area contributed by atoms with Crippen LogP contribution in [0.2, 0.25) is 0 Å². The lowest BCUT2D eigenvalue weighted by Gasteiger charge is -2.14. The Morgan fingerprint density at radius 1 is 1.21 bits per heavy atom. The van der Waals surface area contributed by atoms with Crippen LogP contribution in [0, 0.1) is 31.0 Å². The largest absolute Gasteiger partial charge is 0.310 e. The van der Waals surface area contributed by atoms with E-state index in [1.807, 2.05) is 13.8 Å². The Bertz CT molecular complexity index is 1520. The van der Waals surface area contributed by atoms with Crippen LogP contribution in [-0.2, 0) is 11.3 Å². The summed E-state index contributed by atoms with van der Waals surface area (Å²) in [6, 6.07) is 15.2. The number of nitriles is 1. The summed E-state index contributed by atoms with van der Waals surface area (Å²) in [5, 5.41) is 13.5. The van der Waals surface area contributed by atoms with E-state index in [0.29, 0.717) is 39.4 Å². The molecule has 0 unspecified atom stereocenters. The van der Waals surface area contributed by atoms with Gasteiger partial charge in [-0.1, -0.05) is 30.0 Å². The molecular formula is C25H22FN5O2S. The lowest BCUT2D eigenvalue weighted by Crippen LogP contribution is -2.23. The van der Waals surface area contributed by atoms with Crippen molar-refractivity contribution in [2.45, 2.75) is 32.5 Å². The van der Waals surface area contributed by atoms with Gasteiger partial charge in [-0.25, -0.2) is 9.37 Å². The molecule has 1 N–H and O–H groups in total. The Morgan fingerprint density at radius 3 is 2.68 bits per heavy atom. The molecule has 9 heteroatoms. The average molecular weight is 476 g/mol. The van der Waals surface area contributed by atoms with E-state index in [2.05, 4.69) is 16.4 Å². The molecule has 0 saturated heterocycles. The Balaban J connectivity index is 1.64. The summed E-state index contributed by atoms with van der Waals surface area (Å²) in [6.45, 7) is 5.86. The van der Waals surface area contributed by atoms with Gasteiger partial charge in [-0.2, -0.15) is 5.26 Å². The van der Waals surface area contributed by atoms with Gasteiger partial charge in [-0.3, -0.25) is 18.7 Å². The van der Waals surface area contributed by atoms with Crippen LogP contribution in [-0.4, -0.2) is 25.8 Å². The molecule has 34 heavy (non-hydrogen) atoms. The second-order valence-electron chi connectivity index (χ2n) is 7.66. The van der Waals surface area contributed by atoms with Crippen molar-refractivity contribution in [1.29, 1.82) is 5.26 Å². The number of carbonyl (C=O) groups excluding carboxylic acids is 1. The van der Waals surface area contributed by atoms with Gasteiger partial charge >= 0.3 is 0 Å². The van der Waals surface area contributed by atoms with Crippen LogP contribution >= 0.6 is 11.8 Å². The normalized spacial score (nSPS) is 10.9. The number of nitrogens with zero attached hydrogens (tertiary/aromatic N) is 4. The molecule has 2 aromatic heterocycles. The minimum atomic E-state index is -0.422. The molecule has 4 aromatic rings. The standard InChI is InChI=1S/C25H22FN5O2S/c1-4-30-24(33)19-10-5-6-11-21(19)28-25(30)34-14-22(32)29-23-20(13-27)15(2)16(3)31(23)18-9-7-8-17(26)12-18/h5-12H,4,14H2,1-3H3,(H,29,32). The third-order valence-corrected chi connectivity index (χ3v) is 6.60. The first-order valence-corrected chi connectivity index (χ1v) is 11.6. The molecule has 1 amide bonds. The molecule has 7 nitrogen and oxygen atoms in total.